The Morgan fingerprint density at radius 2 is 1.73 bits per heavy atom. The Kier molecular flexibility index (Phi) is 2.31. The summed E-state index contributed by atoms with van der Waals surface area (Å²) < 4.78 is 2.20. The number of fused-ring (bicyclic) bond motifs is 1. The lowest BCUT2D eigenvalue weighted by molar-refractivity contribution is -0.678. The Bertz CT molecular complexity index is 539. The number of hydrogen-bond donors (Lipinski definition) is 0. The van der Waals surface area contributed by atoms with Crippen LogP contribution in [0.15, 0.2) is 30.8 Å². The van der Waals surface area contributed by atoms with E-state index in [1.807, 2.05) is 6.08 Å². The van der Waals surface area contributed by atoms with Crippen LogP contribution in [-0.2, 0) is 7.05 Å². The van der Waals surface area contributed by atoms with Crippen LogP contribution in [0.1, 0.15) is 17.0 Å². The Morgan fingerprint density at radius 3 is 2.33 bits per heavy atom. The highest BCUT2D eigenvalue weighted by Crippen LogP contribution is 2.21. The number of rotatable bonds is 1. The summed E-state index contributed by atoms with van der Waals surface area (Å²) in [5, 5.41) is 2.64. The van der Waals surface area contributed by atoms with Gasteiger partial charge < -0.3 is 0 Å². The molecule has 15 heavy (non-hydrogen) atoms. The molecule has 0 atom stereocenters. The molecule has 0 saturated heterocycles. The van der Waals surface area contributed by atoms with Crippen molar-refractivity contribution >= 4 is 16.8 Å². The minimum Gasteiger partial charge on any atom is -0.198 e. The maximum Gasteiger partial charge on any atom is 0.208 e. The van der Waals surface area contributed by atoms with Crippen molar-refractivity contribution in [1.29, 1.82) is 0 Å². The molecule has 2 aromatic rings. The van der Waals surface area contributed by atoms with E-state index in [0.29, 0.717) is 0 Å². The quantitative estimate of drug-likeness (QED) is 0.620. The first-order chi connectivity index (χ1) is 7.16. The van der Waals surface area contributed by atoms with Crippen molar-refractivity contribution in [1.82, 2.24) is 0 Å². The summed E-state index contributed by atoms with van der Waals surface area (Å²) >= 11 is 0. The van der Waals surface area contributed by atoms with E-state index in [1.165, 1.54) is 27.7 Å². The standard InChI is InChI=1S/C14H16N/c1-5-14-10(2)12-8-6-7-9-13(12)11(3)15(14)4/h5-9H,1H2,2-4H3/q+1. The molecule has 1 heteroatoms. The minimum atomic E-state index is 1.20. The van der Waals surface area contributed by atoms with Crippen LogP contribution in [0.4, 0.5) is 0 Å². The monoisotopic (exact) mass is 198 g/mol. The van der Waals surface area contributed by atoms with Crippen molar-refractivity contribution < 1.29 is 4.57 Å². The van der Waals surface area contributed by atoms with Gasteiger partial charge in [-0.05, 0) is 18.4 Å². The van der Waals surface area contributed by atoms with Gasteiger partial charge in [-0.1, -0.05) is 24.8 Å². The van der Waals surface area contributed by atoms with Crippen LogP contribution in [0.3, 0.4) is 0 Å². The first kappa shape index (κ1) is 9.91. The number of benzene rings is 1. The lowest BCUT2D eigenvalue weighted by Crippen LogP contribution is -2.36. The van der Waals surface area contributed by atoms with Gasteiger partial charge in [0.25, 0.3) is 0 Å². The second kappa shape index (κ2) is 3.50. The van der Waals surface area contributed by atoms with E-state index >= 15 is 0 Å². The van der Waals surface area contributed by atoms with Crippen LogP contribution >= 0.6 is 0 Å². The van der Waals surface area contributed by atoms with Crippen LogP contribution in [-0.4, -0.2) is 0 Å². The molecule has 0 radical (unpaired) electrons. The Hall–Kier alpha value is -1.63. The highest BCUT2D eigenvalue weighted by molar-refractivity contribution is 5.87. The van der Waals surface area contributed by atoms with E-state index in [-0.39, 0.29) is 0 Å². The maximum atomic E-state index is 3.88. The Balaban J connectivity index is 3.02. The average molecular weight is 198 g/mol. The van der Waals surface area contributed by atoms with E-state index in [1.54, 1.807) is 0 Å². The van der Waals surface area contributed by atoms with Gasteiger partial charge in [-0.2, -0.15) is 4.57 Å². The third-order valence-corrected chi connectivity index (χ3v) is 3.16. The van der Waals surface area contributed by atoms with Crippen LogP contribution in [0.25, 0.3) is 16.8 Å². The molecule has 1 aromatic carbocycles. The fourth-order valence-electron chi connectivity index (χ4n) is 2.17. The van der Waals surface area contributed by atoms with Crippen molar-refractivity contribution in [2.24, 2.45) is 7.05 Å². The predicted octanol–water partition coefficient (Wildman–Crippen LogP) is 2.92. The molecule has 0 aliphatic rings. The fraction of sp³-hybridized carbons (Fsp3) is 0.214. The number of aryl methyl sites for hydroxylation is 2. The summed E-state index contributed by atoms with van der Waals surface area (Å²) in [5.41, 5.74) is 3.78. The summed E-state index contributed by atoms with van der Waals surface area (Å²) in [6, 6.07) is 8.51. The molecule has 2 rings (SSSR count). The summed E-state index contributed by atoms with van der Waals surface area (Å²) in [5.74, 6) is 0. The molecule has 0 amide bonds. The Labute approximate surface area is 90.7 Å². The molecule has 0 N–H and O–H groups in total. The zero-order chi connectivity index (χ0) is 11.0. The second-order valence-electron chi connectivity index (χ2n) is 3.90. The lowest BCUT2D eigenvalue weighted by atomic mass is 10.0. The normalized spacial score (nSPS) is 10.6. The molecule has 0 unspecified atom stereocenters. The third-order valence-electron chi connectivity index (χ3n) is 3.16. The van der Waals surface area contributed by atoms with Crippen LogP contribution < -0.4 is 4.57 Å². The Morgan fingerprint density at radius 1 is 1.13 bits per heavy atom. The summed E-state index contributed by atoms with van der Waals surface area (Å²) in [4.78, 5) is 0. The van der Waals surface area contributed by atoms with Crippen molar-refractivity contribution in [2.75, 3.05) is 0 Å². The summed E-state index contributed by atoms with van der Waals surface area (Å²) in [6.45, 7) is 8.18. The molecule has 76 valence electrons. The summed E-state index contributed by atoms with van der Waals surface area (Å²) in [7, 11) is 2.09. The van der Waals surface area contributed by atoms with Gasteiger partial charge in [0.1, 0.15) is 7.05 Å². The second-order valence-corrected chi connectivity index (χ2v) is 3.90. The van der Waals surface area contributed by atoms with Gasteiger partial charge >= 0.3 is 0 Å². The van der Waals surface area contributed by atoms with Gasteiger partial charge in [0.2, 0.25) is 5.69 Å². The van der Waals surface area contributed by atoms with E-state index in [4.69, 9.17) is 0 Å². The highest BCUT2D eigenvalue weighted by atomic mass is 14.9. The smallest absolute Gasteiger partial charge is 0.198 e. The van der Waals surface area contributed by atoms with Gasteiger partial charge in [0.15, 0.2) is 5.69 Å². The van der Waals surface area contributed by atoms with E-state index < -0.39 is 0 Å². The SMILES string of the molecule is C=Cc1c(C)c2ccccc2c(C)[n+]1C. The topological polar surface area (TPSA) is 3.88 Å². The van der Waals surface area contributed by atoms with Gasteiger partial charge in [0, 0.05) is 23.9 Å². The third kappa shape index (κ3) is 1.35. The molecule has 0 spiro atoms. The maximum absolute atomic E-state index is 3.88. The zero-order valence-corrected chi connectivity index (χ0v) is 9.54. The molecule has 1 heterocycles. The fourth-order valence-corrected chi connectivity index (χ4v) is 2.17. The van der Waals surface area contributed by atoms with Gasteiger partial charge in [0.05, 0.1) is 0 Å². The number of aromatic nitrogens is 1. The van der Waals surface area contributed by atoms with Gasteiger partial charge in [-0.15, -0.1) is 0 Å². The van der Waals surface area contributed by atoms with Crippen molar-refractivity contribution in [3.63, 3.8) is 0 Å². The number of hydrogen-bond acceptors (Lipinski definition) is 0. The number of nitrogens with zero attached hydrogens (tertiary/aromatic N) is 1. The molecular formula is C14H16N+. The van der Waals surface area contributed by atoms with E-state index in [2.05, 4.69) is 56.3 Å². The molecular weight excluding hydrogens is 182 g/mol. The molecule has 0 bridgehead atoms. The lowest BCUT2D eigenvalue weighted by Gasteiger charge is -2.07. The minimum absolute atomic E-state index is 1.20. The summed E-state index contributed by atoms with van der Waals surface area (Å²) in [6.07, 6.45) is 1.93. The van der Waals surface area contributed by atoms with Crippen LogP contribution in [0.5, 0.6) is 0 Å². The van der Waals surface area contributed by atoms with Crippen molar-refractivity contribution in [2.45, 2.75) is 13.8 Å². The molecule has 0 fully saturated rings. The molecule has 0 aliphatic heterocycles. The van der Waals surface area contributed by atoms with Crippen LogP contribution in [0, 0.1) is 13.8 Å². The van der Waals surface area contributed by atoms with Crippen molar-refractivity contribution in [3.05, 3.63) is 47.8 Å². The highest BCUT2D eigenvalue weighted by Gasteiger charge is 2.15. The molecule has 1 aromatic heterocycles. The molecule has 1 nitrogen and oxygen atoms in total. The van der Waals surface area contributed by atoms with Crippen LogP contribution in [0.2, 0.25) is 0 Å². The van der Waals surface area contributed by atoms with E-state index in [0.717, 1.165) is 0 Å². The van der Waals surface area contributed by atoms with Crippen molar-refractivity contribution in [3.8, 4) is 0 Å². The molecule has 0 saturated carbocycles. The average Bonchev–Trinajstić information content (AvgIpc) is 2.27. The predicted molar refractivity (Wildman–Crippen MR) is 64.7 cm³/mol. The van der Waals surface area contributed by atoms with Gasteiger partial charge in [-0.3, -0.25) is 0 Å². The van der Waals surface area contributed by atoms with Gasteiger partial charge in [-0.25, -0.2) is 0 Å². The number of pyridine rings is 1. The molecule has 0 aliphatic carbocycles. The first-order valence-corrected chi connectivity index (χ1v) is 5.17. The zero-order valence-electron chi connectivity index (χ0n) is 9.54. The first-order valence-electron chi connectivity index (χ1n) is 5.17. The largest absolute Gasteiger partial charge is 0.208 e. The van der Waals surface area contributed by atoms with E-state index in [9.17, 15) is 0 Å².